The molecule has 1 aromatic carbocycles. The van der Waals surface area contributed by atoms with Gasteiger partial charge >= 0.3 is 0 Å². The predicted octanol–water partition coefficient (Wildman–Crippen LogP) is 1.60. The van der Waals surface area contributed by atoms with Gasteiger partial charge < -0.3 is 20.6 Å². The Morgan fingerprint density at radius 3 is 2.95 bits per heavy atom. The van der Waals surface area contributed by atoms with Gasteiger partial charge in [-0.3, -0.25) is 4.79 Å². The molecule has 21 heavy (non-hydrogen) atoms. The van der Waals surface area contributed by atoms with Gasteiger partial charge in [0.05, 0.1) is 7.11 Å². The molecule has 114 valence electrons. The molecule has 1 aliphatic rings. The number of rotatable bonds is 3. The Morgan fingerprint density at radius 1 is 1.52 bits per heavy atom. The van der Waals surface area contributed by atoms with Crippen LogP contribution in [0.1, 0.15) is 28.8 Å². The van der Waals surface area contributed by atoms with E-state index in [0.717, 1.165) is 18.4 Å². The van der Waals surface area contributed by atoms with Gasteiger partial charge in [-0.05, 0) is 37.5 Å². The molecule has 0 aromatic heterocycles. The topological polar surface area (TPSA) is 88.2 Å². The first kappa shape index (κ1) is 15.2. The molecule has 1 fully saturated rings. The summed E-state index contributed by atoms with van der Waals surface area (Å²) in [5.41, 5.74) is 7.24. The Labute approximate surface area is 124 Å². The number of likely N-dealkylation sites (tertiary alicyclic amines) is 1. The van der Waals surface area contributed by atoms with E-state index >= 15 is 0 Å². The second kappa shape index (κ2) is 6.47. The fourth-order valence-electron chi connectivity index (χ4n) is 2.62. The maximum Gasteiger partial charge on any atom is 0.254 e. The largest absolute Gasteiger partial charge is 0.496 e. The van der Waals surface area contributed by atoms with Crippen LogP contribution in [-0.4, -0.2) is 42.0 Å². The molecule has 0 radical (unpaired) electrons. The van der Waals surface area contributed by atoms with Crippen LogP contribution in [0.25, 0.3) is 0 Å². The van der Waals surface area contributed by atoms with Crippen LogP contribution in [-0.2, 0) is 0 Å². The summed E-state index contributed by atoms with van der Waals surface area (Å²) in [6.07, 6.45) is 1.67. The van der Waals surface area contributed by atoms with Crippen LogP contribution in [0.2, 0.25) is 0 Å². The minimum Gasteiger partial charge on any atom is -0.496 e. The van der Waals surface area contributed by atoms with Crippen LogP contribution < -0.4 is 10.5 Å². The van der Waals surface area contributed by atoms with Gasteiger partial charge in [-0.15, -0.1) is 0 Å². The van der Waals surface area contributed by atoms with Crippen LogP contribution in [0.4, 0.5) is 0 Å². The van der Waals surface area contributed by atoms with Gasteiger partial charge in [0, 0.05) is 24.6 Å². The molecule has 0 saturated carbocycles. The number of ether oxygens (including phenoxy) is 1. The maximum absolute atomic E-state index is 12.6. The highest BCUT2D eigenvalue weighted by Crippen LogP contribution is 2.23. The van der Waals surface area contributed by atoms with Crippen LogP contribution in [0.15, 0.2) is 23.4 Å². The van der Waals surface area contributed by atoms with Crippen molar-refractivity contribution in [2.75, 3.05) is 20.2 Å². The van der Waals surface area contributed by atoms with Gasteiger partial charge in [0.15, 0.2) is 0 Å². The minimum atomic E-state index is -0.0833. The lowest BCUT2D eigenvalue weighted by Gasteiger charge is -2.32. The highest BCUT2D eigenvalue weighted by molar-refractivity contribution is 5.95. The Bertz CT molecular complexity index is 557. The minimum absolute atomic E-state index is 0.0521. The highest BCUT2D eigenvalue weighted by Gasteiger charge is 2.27. The first-order chi connectivity index (χ1) is 10.1. The van der Waals surface area contributed by atoms with Crippen molar-refractivity contribution in [1.29, 1.82) is 0 Å². The van der Waals surface area contributed by atoms with Gasteiger partial charge in [0.1, 0.15) is 11.6 Å². The number of hydrogen-bond acceptors (Lipinski definition) is 4. The van der Waals surface area contributed by atoms with Crippen molar-refractivity contribution in [3.63, 3.8) is 0 Å². The molecule has 1 saturated heterocycles. The highest BCUT2D eigenvalue weighted by atomic mass is 16.5. The molecule has 1 heterocycles. The summed E-state index contributed by atoms with van der Waals surface area (Å²) in [6.45, 7) is 3.09. The first-order valence-electron chi connectivity index (χ1n) is 6.98. The molecule has 1 atom stereocenters. The average molecular weight is 291 g/mol. The number of amides is 1. The number of amidine groups is 1. The van der Waals surface area contributed by atoms with E-state index in [-0.39, 0.29) is 17.7 Å². The van der Waals surface area contributed by atoms with Gasteiger partial charge in [0.2, 0.25) is 0 Å². The molecule has 1 aromatic rings. The quantitative estimate of drug-likeness (QED) is 0.383. The summed E-state index contributed by atoms with van der Waals surface area (Å²) < 4.78 is 5.26. The monoisotopic (exact) mass is 291 g/mol. The molecule has 6 heteroatoms. The van der Waals surface area contributed by atoms with Crippen molar-refractivity contribution in [2.24, 2.45) is 16.8 Å². The molecule has 1 aliphatic heterocycles. The summed E-state index contributed by atoms with van der Waals surface area (Å²) in [6, 6.07) is 5.43. The van der Waals surface area contributed by atoms with E-state index in [2.05, 4.69) is 5.16 Å². The summed E-state index contributed by atoms with van der Waals surface area (Å²) >= 11 is 0. The lowest BCUT2D eigenvalue weighted by Crippen LogP contribution is -2.44. The number of oxime groups is 1. The number of carbonyl (C=O) groups is 1. The van der Waals surface area contributed by atoms with Gasteiger partial charge in [-0.1, -0.05) is 11.2 Å². The Hall–Kier alpha value is -2.24. The second-order valence-electron chi connectivity index (χ2n) is 5.30. The van der Waals surface area contributed by atoms with Crippen molar-refractivity contribution in [3.8, 4) is 5.75 Å². The van der Waals surface area contributed by atoms with E-state index in [4.69, 9.17) is 15.7 Å². The Kier molecular flexibility index (Phi) is 4.67. The van der Waals surface area contributed by atoms with Crippen LogP contribution in [0.3, 0.4) is 0 Å². The first-order valence-corrected chi connectivity index (χ1v) is 6.98. The zero-order valence-electron chi connectivity index (χ0n) is 12.4. The molecule has 0 aliphatic carbocycles. The molecule has 1 unspecified atom stereocenters. The number of nitrogens with two attached hydrogens (primary N) is 1. The van der Waals surface area contributed by atoms with E-state index in [1.165, 1.54) is 0 Å². The number of methoxy groups -OCH3 is 1. The third-order valence-corrected chi connectivity index (χ3v) is 3.90. The van der Waals surface area contributed by atoms with E-state index in [0.29, 0.717) is 24.4 Å². The van der Waals surface area contributed by atoms with Crippen molar-refractivity contribution >= 4 is 11.7 Å². The van der Waals surface area contributed by atoms with Crippen LogP contribution in [0, 0.1) is 12.8 Å². The lowest BCUT2D eigenvalue weighted by molar-refractivity contribution is 0.0701. The van der Waals surface area contributed by atoms with E-state index in [1.54, 1.807) is 24.1 Å². The third-order valence-electron chi connectivity index (χ3n) is 3.90. The smallest absolute Gasteiger partial charge is 0.254 e. The SMILES string of the molecule is COc1cc(C(=O)N2CCCC(C(N)=NO)C2)ccc1C. The van der Waals surface area contributed by atoms with Gasteiger partial charge in [-0.25, -0.2) is 0 Å². The number of piperidine rings is 1. The average Bonchev–Trinajstić information content (AvgIpc) is 2.54. The summed E-state index contributed by atoms with van der Waals surface area (Å²) in [5.74, 6) is 0.753. The van der Waals surface area contributed by atoms with Crippen LogP contribution >= 0.6 is 0 Å². The molecular formula is C15H21N3O3. The van der Waals surface area contributed by atoms with Crippen molar-refractivity contribution in [2.45, 2.75) is 19.8 Å². The number of nitrogens with zero attached hydrogens (tertiary/aromatic N) is 2. The zero-order valence-corrected chi connectivity index (χ0v) is 12.4. The molecule has 3 N–H and O–H groups in total. The fraction of sp³-hybridized carbons (Fsp3) is 0.467. The molecule has 1 amide bonds. The van der Waals surface area contributed by atoms with Crippen molar-refractivity contribution < 1.29 is 14.7 Å². The van der Waals surface area contributed by atoms with Crippen LogP contribution in [0.5, 0.6) is 5.75 Å². The van der Waals surface area contributed by atoms with Crippen molar-refractivity contribution in [3.05, 3.63) is 29.3 Å². The van der Waals surface area contributed by atoms with E-state index in [1.807, 2.05) is 13.0 Å². The maximum atomic E-state index is 12.6. The molecular weight excluding hydrogens is 270 g/mol. The number of carbonyl (C=O) groups excluding carboxylic acids is 1. The number of aryl methyl sites for hydroxylation is 1. The van der Waals surface area contributed by atoms with Crippen molar-refractivity contribution in [1.82, 2.24) is 4.90 Å². The lowest BCUT2D eigenvalue weighted by atomic mass is 9.96. The summed E-state index contributed by atoms with van der Waals surface area (Å²) in [5, 5.41) is 11.8. The molecule has 6 nitrogen and oxygen atoms in total. The number of benzene rings is 1. The summed E-state index contributed by atoms with van der Waals surface area (Å²) in [7, 11) is 1.59. The third kappa shape index (κ3) is 3.26. The molecule has 2 rings (SSSR count). The zero-order chi connectivity index (χ0) is 15.4. The predicted molar refractivity (Wildman–Crippen MR) is 79.8 cm³/mol. The number of hydrogen-bond donors (Lipinski definition) is 2. The van der Waals surface area contributed by atoms with E-state index in [9.17, 15) is 4.79 Å². The second-order valence-corrected chi connectivity index (χ2v) is 5.30. The fourth-order valence-corrected chi connectivity index (χ4v) is 2.62. The van der Waals surface area contributed by atoms with Gasteiger partial charge in [-0.2, -0.15) is 0 Å². The molecule has 0 bridgehead atoms. The normalized spacial score (nSPS) is 19.4. The van der Waals surface area contributed by atoms with E-state index < -0.39 is 0 Å². The summed E-state index contributed by atoms with van der Waals surface area (Å²) in [4.78, 5) is 14.3. The standard InChI is InChI=1S/C15H21N3O3/c1-10-5-6-11(8-13(10)21-2)15(19)18-7-3-4-12(9-18)14(16)17-20/h5-6,8,12,20H,3-4,7,9H2,1-2H3,(H2,16,17). The van der Waals surface area contributed by atoms with Gasteiger partial charge in [0.25, 0.3) is 5.91 Å². The Morgan fingerprint density at radius 2 is 2.29 bits per heavy atom. The molecule has 0 spiro atoms. The Balaban J connectivity index is 2.16.